The van der Waals surface area contributed by atoms with Crippen molar-refractivity contribution in [3.63, 3.8) is 0 Å². The number of hydrogen-bond donors (Lipinski definition) is 0. The van der Waals surface area contributed by atoms with Gasteiger partial charge >= 0.3 is 0 Å². The first kappa shape index (κ1) is 6.69. The molecule has 48 valence electrons. The van der Waals surface area contributed by atoms with Crippen molar-refractivity contribution in [3.8, 4) is 0 Å². The SMILES string of the molecule is C=S1CCCCCS1. The van der Waals surface area contributed by atoms with Crippen LogP contribution in [0.25, 0.3) is 0 Å². The zero-order valence-corrected chi connectivity index (χ0v) is 6.69. The molecule has 0 aromatic carbocycles. The normalized spacial score (nSPS) is 31.8. The van der Waals surface area contributed by atoms with Crippen LogP contribution in [-0.2, 0) is 0 Å². The molecule has 1 aliphatic rings. The van der Waals surface area contributed by atoms with E-state index in [0.29, 0.717) is 9.52 Å². The molecule has 1 fully saturated rings. The molecule has 0 bridgehead atoms. The van der Waals surface area contributed by atoms with E-state index in [2.05, 4.69) is 16.7 Å². The summed E-state index contributed by atoms with van der Waals surface area (Å²) in [5.41, 5.74) is 0. The minimum Gasteiger partial charge on any atom is -0.136 e. The Morgan fingerprint density at radius 2 is 2.12 bits per heavy atom. The van der Waals surface area contributed by atoms with Gasteiger partial charge in [-0.15, -0.1) is 20.3 Å². The molecule has 8 heavy (non-hydrogen) atoms. The zero-order valence-electron chi connectivity index (χ0n) is 5.06. The summed E-state index contributed by atoms with van der Waals surface area (Å²) < 4.78 is 0. The van der Waals surface area contributed by atoms with Crippen molar-refractivity contribution in [1.82, 2.24) is 0 Å². The van der Waals surface area contributed by atoms with E-state index in [-0.39, 0.29) is 0 Å². The molecule has 1 atom stereocenters. The lowest BCUT2D eigenvalue weighted by molar-refractivity contribution is 0.791. The molecule has 0 spiro atoms. The standard InChI is InChI=1S/C6H12S2/c1-8-6-4-2-3-5-7-8/h1-6H2. The Labute approximate surface area is 57.4 Å². The van der Waals surface area contributed by atoms with E-state index in [0.717, 1.165) is 0 Å². The molecule has 0 aromatic rings. The maximum Gasteiger partial charge on any atom is 0.00320 e. The summed E-state index contributed by atoms with van der Waals surface area (Å²) in [6, 6.07) is 0. The van der Waals surface area contributed by atoms with Gasteiger partial charge in [-0.25, -0.2) is 0 Å². The van der Waals surface area contributed by atoms with Crippen molar-refractivity contribution in [2.45, 2.75) is 19.3 Å². The second kappa shape index (κ2) is 3.57. The highest BCUT2D eigenvalue weighted by Crippen LogP contribution is 2.33. The van der Waals surface area contributed by atoms with Gasteiger partial charge in [0.1, 0.15) is 0 Å². The van der Waals surface area contributed by atoms with Crippen LogP contribution in [0.15, 0.2) is 0 Å². The first-order valence-corrected chi connectivity index (χ1v) is 6.10. The fourth-order valence-electron chi connectivity index (χ4n) is 0.778. The molecule has 0 N–H and O–H groups in total. The van der Waals surface area contributed by atoms with Crippen LogP contribution in [0.2, 0.25) is 0 Å². The second-order valence-electron chi connectivity index (χ2n) is 2.03. The Morgan fingerprint density at radius 3 is 3.00 bits per heavy atom. The number of rotatable bonds is 0. The van der Waals surface area contributed by atoms with E-state index >= 15 is 0 Å². The monoisotopic (exact) mass is 148 g/mol. The van der Waals surface area contributed by atoms with E-state index in [1.807, 2.05) is 0 Å². The molecule has 1 heterocycles. The van der Waals surface area contributed by atoms with Crippen molar-refractivity contribution >= 4 is 26.2 Å². The van der Waals surface area contributed by atoms with Gasteiger partial charge in [-0.1, -0.05) is 12.3 Å². The van der Waals surface area contributed by atoms with E-state index < -0.39 is 0 Å². The summed E-state index contributed by atoms with van der Waals surface area (Å²) in [5.74, 6) is 6.77. The molecule has 0 amide bonds. The van der Waals surface area contributed by atoms with Crippen molar-refractivity contribution in [2.24, 2.45) is 0 Å². The molecule has 1 aliphatic heterocycles. The zero-order chi connectivity index (χ0) is 5.82. The highest BCUT2D eigenvalue weighted by Gasteiger charge is 1.99. The maximum absolute atomic E-state index is 4.05. The van der Waals surface area contributed by atoms with Gasteiger partial charge in [0.2, 0.25) is 0 Å². The van der Waals surface area contributed by atoms with Crippen molar-refractivity contribution in [3.05, 3.63) is 0 Å². The van der Waals surface area contributed by atoms with Crippen molar-refractivity contribution in [1.29, 1.82) is 0 Å². The van der Waals surface area contributed by atoms with Gasteiger partial charge in [0.15, 0.2) is 0 Å². The third-order valence-electron chi connectivity index (χ3n) is 1.27. The van der Waals surface area contributed by atoms with E-state index in [1.54, 1.807) is 0 Å². The van der Waals surface area contributed by atoms with Gasteiger partial charge in [-0.3, -0.25) is 0 Å². The third-order valence-corrected chi connectivity index (χ3v) is 4.80. The van der Waals surface area contributed by atoms with Gasteiger partial charge in [0.25, 0.3) is 0 Å². The molecule has 0 radical (unpaired) electrons. The molecule has 0 aliphatic carbocycles. The van der Waals surface area contributed by atoms with Crippen LogP contribution in [0.5, 0.6) is 0 Å². The Bertz CT molecular complexity index is 78.5. The quantitative estimate of drug-likeness (QED) is 0.376. The Morgan fingerprint density at radius 1 is 1.25 bits per heavy atom. The topological polar surface area (TPSA) is 0 Å². The van der Waals surface area contributed by atoms with Crippen LogP contribution < -0.4 is 0 Å². The van der Waals surface area contributed by atoms with E-state index in [1.165, 1.54) is 30.8 Å². The maximum atomic E-state index is 4.05. The van der Waals surface area contributed by atoms with Crippen LogP contribution >= 0.6 is 20.3 Å². The van der Waals surface area contributed by atoms with Crippen LogP contribution in [-0.4, -0.2) is 17.4 Å². The lowest BCUT2D eigenvalue weighted by Gasteiger charge is -1.96. The highest BCUT2D eigenvalue weighted by atomic mass is 33.1. The predicted octanol–water partition coefficient (Wildman–Crippen LogP) is 2.52. The Balaban J connectivity index is 2.27. The summed E-state index contributed by atoms with van der Waals surface area (Å²) in [7, 11) is 2.51. The number of hydrogen-bond acceptors (Lipinski definition) is 1. The molecule has 1 saturated heterocycles. The molecule has 0 nitrogen and oxygen atoms in total. The van der Waals surface area contributed by atoms with Crippen LogP contribution in [0.3, 0.4) is 0 Å². The Kier molecular flexibility index (Phi) is 2.98. The van der Waals surface area contributed by atoms with Gasteiger partial charge in [0.05, 0.1) is 0 Å². The first-order chi connectivity index (χ1) is 3.89. The van der Waals surface area contributed by atoms with Crippen LogP contribution in [0.4, 0.5) is 0 Å². The van der Waals surface area contributed by atoms with Gasteiger partial charge in [0, 0.05) is 5.75 Å². The summed E-state index contributed by atoms with van der Waals surface area (Å²) in [6.45, 7) is 0. The van der Waals surface area contributed by atoms with Gasteiger partial charge < -0.3 is 0 Å². The van der Waals surface area contributed by atoms with Gasteiger partial charge in [-0.05, 0) is 18.6 Å². The molecule has 1 rings (SSSR count). The lowest BCUT2D eigenvalue weighted by atomic mass is 10.3. The van der Waals surface area contributed by atoms with E-state index in [9.17, 15) is 0 Å². The summed E-state index contributed by atoms with van der Waals surface area (Å²) in [5, 5.41) is 0. The lowest BCUT2D eigenvalue weighted by Crippen LogP contribution is -1.74. The summed E-state index contributed by atoms with van der Waals surface area (Å²) >= 11 is 0. The second-order valence-corrected chi connectivity index (χ2v) is 6.08. The molecule has 0 saturated carbocycles. The summed E-state index contributed by atoms with van der Waals surface area (Å²) in [4.78, 5) is 0. The molecular formula is C6H12S2. The van der Waals surface area contributed by atoms with Gasteiger partial charge in [-0.2, -0.15) is 0 Å². The third kappa shape index (κ3) is 2.23. The van der Waals surface area contributed by atoms with Crippen LogP contribution in [0.1, 0.15) is 19.3 Å². The average Bonchev–Trinajstić information content (AvgIpc) is 1.94. The fourth-order valence-corrected chi connectivity index (χ4v) is 3.75. The smallest absolute Gasteiger partial charge is 0.00320 e. The Hall–Kier alpha value is 0.570. The van der Waals surface area contributed by atoms with Crippen molar-refractivity contribution in [2.75, 3.05) is 11.5 Å². The predicted molar refractivity (Wildman–Crippen MR) is 45.9 cm³/mol. The molecule has 2 heteroatoms. The molecular weight excluding hydrogens is 136 g/mol. The summed E-state index contributed by atoms with van der Waals surface area (Å²) in [6.07, 6.45) is 4.27. The first-order valence-electron chi connectivity index (χ1n) is 3.03. The minimum atomic E-state index is 0.459. The minimum absolute atomic E-state index is 0.459. The highest BCUT2D eigenvalue weighted by molar-refractivity contribution is 8.83. The molecule has 0 aromatic heterocycles. The van der Waals surface area contributed by atoms with E-state index in [4.69, 9.17) is 0 Å². The molecule has 1 unspecified atom stereocenters. The largest absolute Gasteiger partial charge is 0.136 e. The van der Waals surface area contributed by atoms with Crippen LogP contribution in [0, 0.1) is 0 Å². The fraction of sp³-hybridized carbons (Fsp3) is 0.833. The average molecular weight is 148 g/mol. The van der Waals surface area contributed by atoms with Crippen molar-refractivity contribution < 1.29 is 0 Å².